The molecule has 2 aromatic rings. The van der Waals surface area contributed by atoms with Crippen LogP contribution in [0.15, 0.2) is 53.7 Å². The van der Waals surface area contributed by atoms with Crippen molar-refractivity contribution >= 4 is 10.0 Å². The average Bonchev–Trinajstić information content (AvgIpc) is 2.53. The van der Waals surface area contributed by atoms with Crippen LogP contribution in [0.25, 0.3) is 0 Å². The lowest BCUT2D eigenvalue weighted by Crippen LogP contribution is -2.25. The molecule has 1 N–H and O–H groups in total. The van der Waals surface area contributed by atoms with E-state index in [0.717, 1.165) is 30.4 Å². The highest BCUT2D eigenvalue weighted by molar-refractivity contribution is 7.89. The Balaban J connectivity index is 1.86. The first-order chi connectivity index (χ1) is 10.1. The summed E-state index contributed by atoms with van der Waals surface area (Å²) in [6.07, 6.45) is 5.99. The SMILES string of the molecule is CCc1ccc(S(=O)(=O)NCCCc2cccnc2)cc1. The van der Waals surface area contributed by atoms with Gasteiger partial charge in [0.15, 0.2) is 0 Å². The van der Waals surface area contributed by atoms with Crippen LogP contribution in [-0.4, -0.2) is 19.9 Å². The number of rotatable bonds is 7. The fourth-order valence-corrected chi connectivity index (χ4v) is 3.11. The fourth-order valence-electron chi connectivity index (χ4n) is 2.03. The summed E-state index contributed by atoms with van der Waals surface area (Å²) in [5.74, 6) is 0. The van der Waals surface area contributed by atoms with E-state index in [1.54, 1.807) is 24.5 Å². The van der Waals surface area contributed by atoms with Crippen molar-refractivity contribution in [1.29, 1.82) is 0 Å². The highest BCUT2D eigenvalue weighted by Gasteiger charge is 2.12. The molecular weight excluding hydrogens is 284 g/mol. The van der Waals surface area contributed by atoms with Crippen molar-refractivity contribution in [3.8, 4) is 0 Å². The van der Waals surface area contributed by atoms with Crippen molar-refractivity contribution in [2.45, 2.75) is 31.1 Å². The lowest BCUT2D eigenvalue weighted by molar-refractivity contribution is 0.579. The first kappa shape index (κ1) is 15.7. The predicted octanol–water partition coefficient (Wildman–Crippen LogP) is 2.56. The van der Waals surface area contributed by atoms with Gasteiger partial charge in [0.2, 0.25) is 10.0 Å². The number of nitrogens with one attached hydrogen (secondary N) is 1. The maximum atomic E-state index is 12.1. The number of pyridine rings is 1. The molecule has 21 heavy (non-hydrogen) atoms. The van der Waals surface area contributed by atoms with Crippen molar-refractivity contribution in [2.75, 3.05) is 6.54 Å². The van der Waals surface area contributed by atoms with Crippen LogP contribution in [0, 0.1) is 0 Å². The summed E-state index contributed by atoms with van der Waals surface area (Å²) in [6.45, 7) is 2.47. The van der Waals surface area contributed by atoms with Crippen LogP contribution in [0.5, 0.6) is 0 Å². The molecule has 0 unspecified atom stereocenters. The van der Waals surface area contributed by atoms with Gasteiger partial charge in [-0.2, -0.15) is 0 Å². The lowest BCUT2D eigenvalue weighted by Gasteiger charge is -2.07. The molecule has 0 aliphatic rings. The largest absolute Gasteiger partial charge is 0.264 e. The highest BCUT2D eigenvalue weighted by Crippen LogP contribution is 2.11. The quantitative estimate of drug-likeness (QED) is 0.800. The minimum atomic E-state index is -3.41. The molecule has 0 saturated carbocycles. The van der Waals surface area contributed by atoms with Gasteiger partial charge >= 0.3 is 0 Å². The number of benzene rings is 1. The number of hydrogen-bond acceptors (Lipinski definition) is 3. The van der Waals surface area contributed by atoms with E-state index in [1.165, 1.54) is 0 Å². The first-order valence-corrected chi connectivity index (χ1v) is 8.57. The van der Waals surface area contributed by atoms with E-state index in [-0.39, 0.29) is 0 Å². The summed E-state index contributed by atoms with van der Waals surface area (Å²) in [7, 11) is -3.41. The summed E-state index contributed by atoms with van der Waals surface area (Å²) < 4.78 is 26.9. The van der Waals surface area contributed by atoms with Gasteiger partial charge in [0.25, 0.3) is 0 Å². The minimum Gasteiger partial charge on any atom is -0.264 e. The fraction of sp³-hybridized carbons (Fsp3) is 0.312. The highest BCUT2D eigenvalue weighted by atomic mass is 32.2. The molecule has 1 heterocycles. The molecule has 0 aliphatic carbocycles. The number of aryl methyl sites for hydroxylation is 2. The molecule has 0 atom stereocenters. The summed E-state index contributed by atoms with van der Waals surface area (Å²) in [5, 5.41) is 0. The number of nitrogens with zero attached hydrogens (tertiary/aromatic N) is 1. The van der Waals surface area contributed by atoms with Crippen LogP contribution < -0.4 is 4.72 Å². The van der Waals surface area contributed by atoms with E-state index in [9.17, 15) is 8.42 Å². The second-order valence-electron chi connectivity index (χ2n) is 4.86. The zero-order valence-corrected chi connectivity index (χ0v) is 12.9. The van der Waals surface area contributed by atoms with Gasteiger partial charge in [-0.25, -0.2) is 13.1 Å². The topological polar surface area (TPSA) is 59.1 Å². The van der Waals surface area contributed by atoms with Gasteiger partial charge in [-0.15, -0.1) is 0 Å². The maximum absolute atomic E-state index is 12.1. The van der Waals surface area contributed by atoms with Crippen LogP contribution in [0.1, 0.15) is 24.5 Å². The number of sulfonamides is 1. The molecule has 0 aliphatic heterocycles. The van der Waals surface area contributed by atoms with Crippen LogP contribution >= 0.6 is 0 Å². The molecule has 2 rings (SSSR count). The molecule has 0 radical (unpaired) electrons. The van der Waals surface area contributed by atoms with Gasteiger partial charge in [0.1, 0.15) is 0 Å². The van der Waals surface area contributed by atoms with Gasteiger partial charge in [0.05, 0.1) is 4.90 Å². The Kier molecular flexibility index (Phi) is 5.47. The normalized spacial score (nSPS) is 11.5. The van der Waals surface area contributed by atoms with Gasteiger partial charge < -0.3 is 0 Å². The number of hydrogen-bond donors (Lipinski definition) is 1. The second kappa shape index (κ2) is 7.33. The Hall–Kier alpha value is -1.72. The molecule has 112 valence electrons. The van der Waals surface area contributed by atoms with Crippen LogP contribution in [0.4, 0.5) is 0 Å². The molecule has 0 bridgehead atoms. The predicted molar refractivity (Wildman–Crippen MR) is 83.6 cm³/mol. The summed E-state index contributed by atoms with van der Waals surface area (Å²) in [4.78, 5) is 4.36. The van der Waals surface area contributed by atoms with E-state index in [2.05, 4.69) is 9.71 Å². The Labute approximate surface area is 126 Å². The van der Waals surface area contributed by atoms with Gasteiger partial charge in [-0.1, -0.05) is 25.1 Å². The summed E-state index contributed by atoms with van der Waals surface area (Å²) in [5.41, 5.74) is 2.24. The third-order valence-electron chi connectivity index (χ3n) is 3.30. The van der Waals surface area contributed by atoms with E-state index in [1.807, 2.05) is 31.2 Å². The van der Waals surface area contributed by atoms with E-state index < -0.39 is 10.0 Å². The second-order valence-corrected chi connectivity index (χ2v) is 6.63. The van der Waals surface area contributed by atoms with Crippen molar-refractivity contribution in [3.05, 3.63) is 59.9 Å². The minimum absolute atomic E-state index is 0.320. The monoisotopic (exact) mass is 304 g/mol. The average molecular weight is 304 g/mol. The molecule has 0 amide bonds. The summed E-state index contributed by atoms with van der Waals surface area (Å²) in [6, 6.07) is 10.9. The molecule has 0 fully saturated rings. The molecule has 5 heteroatoms. The smallest absolute Gasteiger partial charge is 0.240 e. The Bertz CT molecular complexity index is 652. The number of aromatic nitrogens is 1. The zero-order valence-electron chi connectivity index (χ0n) is 12.1. The standard InChI is InChI=1S/C16H20N2O2S/c1-2-14-7-9-16(10-8-14)21(19,20)18-12-4-6-15-5-3-11-17-13-15/h3,5,7-11,13,18H,2,4,6,12H2,1H3. The van der Waals surface area contributed by atoms with Crippen molar-refractivity contribution in [1.82, 2.24) is 9.71 Å². The van der Waals surface area contributed by atoms with Crippen LogP contribution in [-0.2, 0) is 22.9 Å². The van der Waals surface area contributed by atoms with Gasteiger partial charge in [0, 0.05) is 18.9 Å². The molecule has 0 spiro atoms. The van der Waals surface area contributed by atoms with E-state index in [0.29, 0.717) is 11.4 Å². The Morgan fingerprint density at radius 1 is 1.10 bits per heavy atom. The van der Waals surface area contributed by atoms with Crippen molar-refractivity contribution in [2.24, 2.45) is 0 Å². The van der Waals surface area contributed by atoms with E-state index in [4.69, 9.17) is 0 Å². The molecule has 1 aromatic heterocycles. The van der Waals surface area contributed by atoms with Gasteiger partial charge in [-0.3, -0.25) is 4.98 Å². The summed E-state index contributed by atoms with van der Waals surface area (Å²) >= 11 is 0. The third kappa shape index (κ3) is 4.65. The molecule has 4 nitrogen and oxygen atoms in total. The van der Waals surface area contributed by atoms with Crippen LogP contribution in [0.3, 0.4) is 0 Å². The van der Waals surface area contributed by atoms with Crippen LogP contribution in [0.2, 0.25) is 0 Å². The Morgan fingerprint density at radius 2 is 1.86 bits per heavy atom. The van der Waals surface area contributed by atoms with E-state index >= 15 is 0 Å². The zero-order chi connectivity index (χ0) is 15.1. The van der Waals surface area contributed by atoms with Crippen molar-refractivity contribution in [3.63, 3.8) is 0 Å². The third-order valence-corrected chi connectivity index (χ3v) is 4.78. The Morgan fingerprint density at radius 3 is 2.48 bits per heavy atom. The van der Waals surface area contributed by atoms with Crippen molar-refractivity contribution < 1.29 is 8.42 Å². The molecule has 1 aromatic carbocycles. The maximum Gasteiger partial charge on any atom is 0.240 e. The molecular formula is C16H20N2O2S. The van der Waals surface area contributed by atoms with Gasteiger partial charge in [-0.05, 0) is 48.6 Å². The molecule has 0 saturated heterocycles. The first-order valence-electron chi connectivity index (χ1n) is 7.09. The lowest BCUT2D eigenvalue weighted by atomic mass is 10.2.